The van der Waals surface area contributed by atoms with Gasteiger partial charge < -0.3 is 14.1 Å². The summed E-state index contributed by atoms with van der Waals surface area (Å²) in [5, 5.41) is 11.0. The summed E-state index contributed by atoms with van der Waals surface area (Å²) in [5.41, 5.74) is 2.35. The second kappa shape index (κ2) is 9.27. The van der Waals surface area contributed by atoms with E-state index in [0.717, 1.165) is 72.6 Å². The highest BCUT2D eigenvalue weighted by atomic mass is 32.2. The average Bonchev–Trinajstić information content (AvgIpc) is 3.43. The van der Waals surface area contributed by atoms with Crippen LogP contribution < -0.4 is 10.5 Å². The van der Waals surface area contributed by atoms with Crippen LogP contribution in [0, 0.1) is 12.8 Å². The molecule has 0 N–H and O–H groups in total. The number of piperidine rings is 1. The Balaban J connectivity index is 1.42. The Morgan fingerprint density at radius 1 is 1.16 bits per heavy atom. The fraction of sp³-hybridized carbons (Fsp3) is 0.542. The van der Waals surface area contributed by atoms with Gasteiger partial charge in [-0.1, -0.05) is 30.8 Å². The van der Waals surface area contributed by atoms with Crippen molar-refractivity contribution in [1.29, 1.82) is 0 Å². The van der Waals surface area contributed by atoms with E-state index in [4.69, 9.17) is 9.15 Å². The number of rotatable bonds is 6. The normalized spacial score (nSPS) is 19.8. The standard InChI is InChI=1S/C24H30N4O3S/c1-16-7-9-27(10-8-16)23-25-26-24(28(23)14-19-4-3-11-30-19)32-15-18-13-22(29)31-21-12-17(2)5-6-20(18)21/h5-6,12-13,16,19H,3-4,7-11,14-15H2,1-2H3. The van der Waals surface area contributed by atoms with Crippen LogP contribution in [-0.4, -0.2) is 40.6 Å². The monoisotopic (exact) mass is 454 g/mol. The Labute approximate surface area is 192 Å². The average molecular weight is 455 g/mol. The van der Waals surface area contributed by atoms with E-state index in [2.05, 4.69) is 26.6 Å². The van der Waals surface area contributed by atoms with Crippen molar-refractivity contribution in [1.82, 2.24) is 14.8 Å². The van der Waals surface area contributed by atoms with Gasteiger partial charge in [0.05, 0.1) is 12.6 Å². The zero-order chi connectivity index (χ0) is 22.1. The molecule has 2 aromatic heterocycles. The predicted octanol–water partition coefficient (Wildman–Crippen LogP) is 4.40. The molecule has 2 aliphatic heterocycles. The van der Waals surface area contributed by atoms with Gasteiger partial charge in [-0.25, -0.2) is 4.79 Å². The van der Waals surface area contributed by atoms with E-state index in [1.165, 1.54) is 12.8 Å². The first-order chi connectivity index (χ1) is 15.6. The van der Waals surface area contributed by atoms with Crippen molar-refractivity contribution in [3.8, 4) is 0 Å². The molecule has 32 heavy (non-hydrogen) atoms. The van der Waals surface area contributed by atoms with Gasteiger partial charge in [-0.05, 0) is 55.7 Å². The molecule has 0 radical (unpaired) electrons. The van der Waals surface area contributed by atoms with Gasteiger partial charge in [0, 0.05) is 36.9 Å². The smallest absolute Gasteiger partial charge is 0.336 e. The van der Waals surface area contributed by atoms with E-state index < -0.39 is 0 Å². The Bertz CT molecular complexity index is 1140. The first kappa shape index (κ1) is 21.5. The molecule has 0 bridgehead atoms. The van der Waals surface area contributed by atoms with Gasteiger partial charge in [-0.2, -0.15) is 0 Å². The quantitative estimate of drug-likeness (QED) is 0.404. The third-order valence-corrected chi connectivity index (χ3v) is 7.53. The van der Waals surface area contributed by atoms with Crippen LogP contribution in [-0.2, 0) is 17.0 Å². The summed E-state index contributed by atoms with van der Waals surface area (Å²) in [6.45, 7) is 7.94. The molecule has 0 amide bonds. The minimum absolute atomic E-state index is 0.209. The van der Waals surface area contributed by atoms with Crippen LogP contribution in [0.4, 0.5) is 5.95 Å². The molecule has 4 heterocycles. The lowest BCUT2D eigenvalue weighted by Crippen LogP contribution is -2.35. The molecule has 2 fully saturated rings. The minimum atomic E-state index is -0.317. The van der Waals surface area contributed by atoms with E-state index in [1.54, 1.807) is 17.8 Å². The van der Waals surface area contributed by atoms with E-state index in [0.29, 0.717) is 11.3 Å². The number of aryl methyl sites for hydroxylation is 1. The van der Waals surface area contributed by atoms with Crippen molar-refractivity contribution in [2.24, 2.45) is 5.92 Å². The molecule has 7 nitrogen and oxygen atoms in total. The maximum absolute atomic E-state index is 12.1. The Morgan fingerprint density at radius 3 is 2.78 bits per heavy atom. The molecule has 5 rings (SSSR count). The number of nitrogens with zero attached hydrogens (tertiary/aromatic N) is 4. The molecule has 1 aromatic carbocycles. The topological polar surface area (TPSA) is 73.4 Å². The lowest BCUT2D eigenvalue weighted by molar-refractivity contribution is 0.0951. The zero-order valence-electron chi connectivity index (χ0n) is 18.7. The maximum atomic E-state index is 12.1. The number of thioether (sulfide) groups is 1. The summed E-state index contributed by atoms with van der Waals surface area (Å²) < 4.78 is 13.6. The van der Waals surface area contributed by atoms with Crippen LogP contribution in [0.2, 0.25) is 0 Å². The third kappa shape index (κ3) is 4.57. The van der Waals surface area contributed by atoms with Gasteiger partial charge in [-0.3, -0.25) is 4.57 Å². The molecule has 0 saturated carbocycles. The number of fused-ring (bicyclic) bond motifs is 1. The number of aromatic nitrogens is 3. The van der Waals surface area contributed by atoms with E-state index in [9.17, 15) is 4.79 Å². The van der Waals surface area contributed by atoms with Gasteiger partial charge in [0.1, 0.15) is 5.58 Å². The van der Waals surface area contributed by atoms with E-state index in [-0.39, 0.29) is 11.7 Å². The lowest BCUT2D eigenvalue weighted by atomic mass is 10.00. The van der Waals surface area contributed by atoms with Gasteiger partial charge in [0.25, 0.3) is 0 Å². The van der Waals surface area contributed by atoms with E-state index in [1.807, 2.05) is 25.1 Å². The van der Waals surface area contributed by atoms with Gasteiger partial charge in [-0.15, -0.1) is 10.2 Å². The molecule has 2 aliphatic rings. The molecule has 2 saturated heterocycles. The van der Waals surface area contributed by atoms with Gasteiger partial charge in [0.2, 0.25) is 5.95 Å². The van der Waals surface area contributed by atoms with Crippen LogP contribution in [0.3, 0.4) is 0 Å². The number of benzene rings is 1. The largest absolute Gasteiger partial charge is 0.423 e. The van der Waals surface area contributed by atoms with Crippen LogP contribution in [0.5, 0.6) is 0 Å². The number of hydrogen-bond donors (Lipinski definition) is 0. The molecule has 1 atom stereocenters. The van der Waals surface area contributed by atoms with E-state index >= 15 is 0 Å². The highest BCUT2D eigenvalue weighted by molar-refractivity contribution is 7.98. The fourth-order valence-corrected chi connectivity index (χ4v) is 5.51. The molecule has 0 aliphatic carbocycles. The first-order valence-electron chi connectivity index (χ1n) is 11.5. The van der Waals surface area contributed by atoms with Crippen molar-refractivity contribution in [3.05, 3.63) is 45.8 Å². The SMILES string of the molecule is Cc1ccc2c(CSc3nnc(N4CCC(C)CC4)n3CC3CCCO3)cc(=O)oc2c1. The molecule has 170 valence electrons. The van der Waals surface area contributed by atoms with Crippen molar-refractivity contribution in [2.75, 3.05) is 24.6 Å². The Hall–Kier alpha value is -2.32. The highest BCUT2D eigenvalue weighted by Crippen LogP contribution is 2.31. The maximum Gasteiger partial charge on any atom is 0.336 e. The van der Waals surface area contributed by atoms with Crippen LogP contribution in [0.1, 0.15) is 43.7 Å². The highest BCUT2D eigenvalue weighted by Gasteiger charge is 2.26. The summed E-state index contributed by atoms with van der Waals surface area (Å²) in [7, 11) is 0. The Kier molecular flexibility index (Phi) is 6.24. The molecule has 1 unspecified atom stereocenters. The summed E-state index contributed by atoms with van der Waals surface area (Å²) in [6.07, 6.45) is 4.75. The van der Waals surface area contributed by atoms with Crippen LogP contribution in [0.25, 0.3) is 11.0 Å². The van der Waals surface area contributed by atoms with Crippen molar-refractivity contribution in [2.45, 2.75) is 63.1 Å². The number of ether oxygens (including phenoxy) is 1. The van der Waals surface area contributed by atoms with Crippen molar-refractivity contribution >= 4 is 28.7 Å². The summed E-state index contributed by atoms with van der Waals surface area (Å²) in [5.74, 6) is 2.34. The summed E-state index contributed by atoms with van der Waals surface area (Å²) in [4.78, 5) is 14.5. The summed E-state index contributed by atoms with van der Waals surface area (Å²) >= 11 is 1.62. The number of hydrogen-bond acceptors (Lipinski definition) is 7. The second-order valence-corrected chi connectivity index (χ2v) is 10.0. The first-order valence-corrected chi connectivity index (χ1v) is 12.5. The predicted molar refractivity (Wildman–Crippen MR) is 126 cm³/mol. The van der Waals surface area contributed by atoms with Crippen molar-refractivity contribution in [3.63, 3.8) is 0 Å². The van der Waals surface area contributed by atoms with Gasteiger partial charge >= 0.3 is 5.63 Å². The molecule has 8 heteroatoms. The second-order valence-electron chi connectivity index (χ2n) is 9.08. The zero-order valence-corrected chi connectivity index (χ0v) is 19.6. The molecule has 3 aromatic rings. The minimum Gasteiger partial charge on any atom is -0.423 e. The lowest BCUT2D eigenvalue weighted by Gasteiger charge is -2.31. The number of anilines is 1. The van der Waals surface area contributed by atoms with Crippen LogP contribution >= 0.6 is 11.8 Å². The third-order valence-electron chi connectivity index (χ3n) is 6.52. The fourth-order valence-electron chi connectivity index (χ4n) is 4.58. The molecular weight excluding hydrogens is 424 g/mol. The summed E-state index contributed by atoms with van der Waals surface area (Å²) in [6, 6.07) is 7.59. The van der Waals surface area contributed by atoms with Crippen LogP contribution in [0.15, 0.2) is 38.6 Å². The molecular formula is C24H30N4O3S. The van der Waals surface area contributed by atoms with Gasteiger partial charge in [0.15, 0.2) is 5.16 Å². The Morgan fingerprint density at radius 2 is 2.00 bits per heavy atom. The van der Waals surface area contributed by atoms with Crippen molar-refractivity contribution < 1.29 is 9.15 Å². The molecule has 0 spiro atoms.